The van der Waals surface area contributed by atoms with Gasteiger partial charge in [-0.1, -0.05) is 18.2 Å². The first kappa shape index (κ1) is 18.7. The first-order valence-corrected chi connectivity index (χ1v) is 9.48. The molecular formula is C22H22N4O3. The van der Waals surface area contributed by atoms with Gasteiger partial charge in [-0.15, -0.1) is 0 Å². The lowest BCUT2D eigenvalue weighted by Gasteiger charge is -2.33. The van der Waals surface area contributed by atoms with Crippen LogP contribution in [0.4, 0.5) is 11.5 Å². The molecule has 3 aromatic rings. The van der Waals surface area contributed by atoms with E-state index in [0.29, 0.717) is 13.2 Å². The molecule has 0 spiro atoms. The summed E-state index contributed by atoms with van der Waals surface area (Å²) in [5.74, 6) is 0.587. The molecule has 29 heavy (non-hydrogen) atoms. The number of hydrogen-bond acceptors (Lipinski definition) is 6. The van der Waals surface area contributed by atoms with Gasteiger partial charge in [0, 0.05) is 18.5 Å². The number of carboxylic acids is 1. The zero-order valence-corrected chi connectivity index (χ0v) is 16.1. The number of aromatic nitrogens is 2. The average Bonchev–Trinajstić information content (AvgIpc) is 2.75. The second-order valence-electron chi connectivity index (χ2n) is 6.89. The number of aromatic carboxylic acids is 1. The SMILES string of the molecule is C[C@H](Nc1nccc2c1N(Cc1ccccn1)CCO2)c1ccc(C(=O)O)cc1. The van der Waals surface area contributed by atoms with Crippen molar-refractivity contribution in [1.29, 1.82) is 0 Å². The van der Waals surface area contributed by atoms with Gasteiger partial charge in [0.05, 0.1) is 30.4 Å². The number of hydrogen-bond donors (Lipinski definition) is 2. The van der Waals surface area contributed by atoms with Crippen LogP contribution in [0.2, 0.25) is 0 Å². The van der Waals surface area contributed by atoms with E-state index in [4.69, 9.17) is 9.84 Å². The first-order valence-electron chi connectivity index (χ1n) is 9.48. The van der Waals surface area contributed by atoms with E-state index in [2.05, 4.69) is 20.2 Å². The summed E-state index contributed by atoms with van der Waals surface area (Å²) in [7, 11) is 0. The molecule has 2 N–H and O–H groups in total. The van der Waals surface area contributed by atoms with Crippen LogP contribution < -0.4 is 15.0 Å². The average molecular weight is 390 g/mol. The van der Waals surface area contributed by atoms with Gasteiger partial charge in [0.25, 0.3) is 0 Å². The Morgan fingerprint density at radius 1 is 1.17 bits per heavy atom. The molecule has 0 aliphatic carbocycles. The van der Waals surface area contributed by atoms with Crippen molar-refractivity contribution in [3.05, 3.63) is 77.7 Å². The Hall–Kier alpha value is -3.61. The maximum Gasteiger partial charge on any atom is 0.335 e. The van der Waals surface area contributed by atoms with Crippen molar-refractivity contribution in [2.24, 2.45) is 0 Å². The number of nitrogens with one attached hydrogen (secondary N) is 1. The number of carbonyl (C=O) groups is 1. The van der Waals surface area contributed by atoms with E-state index in [1.54, 1.807) is 24.5 Å². The Morgan fingerprint density at radius 3 is 2.72 bits per heavy atom. The van der Waals surface area contributed by atoms with Crippen molar-refractivity contribution in [2.75, 3.05) is 23.4 Å². The third kappa shape index (κ3) is 4.13. The molecule has 0 bridgehead atoms. The molecule has 148 valence electrons. The largest absolute Gasteiger partial charge is 0.489 e. The molecule has 1 aliphatic rings. The van der Waals surface area contributed by atoms with Gasteiger partial charge in [-0.3, -0.25) is 4.98 Å². The minimum Gasteiger partial charge on any atom is -0.489 e. The van der Waals surface area contributed by atoms with E-state index in [1.165, 1.54) is 0 Å². The van der Waals surface area contributed by atoms with Crippen LogP contribution in [0.15, 0.2) is 60.9 Å². The fraction of sp³-hybridized carbons (Fsp3) is 0.227. The third-order valence-corrected chi connectivity index (χ3v) is 4.91. The van der Waals surface area contributed by atoms with Gasteiger partial charge in [-0.25, -0.2) is 9.78 Å². The highest BCUT2D eigenvalue weighted by Gasteiger charge is 2.24. The maximum atomic E-state index is 11.1. The number of benzene rings is 1. The Labute approximate surface area is 169 Å². The fourth-order valence-corrected chi connectivity index (χ4v) is 3.39. The Balaban J connectivity index is 1.59. The lowest BCUT2D eigenvalue weighted by molar-refractivity contribution is 0.0697. The summed E-state index contributed by atoms with van der Waals surface area (Å²) in [5, 5.41) is 12.5. The van der Waals surface area contributed by atoms with E-state index in [-0.39, 0.29) is 11.6 Å². The Kier molecular flexibility index (Phi) is 5.29. The third-order valence-electron chi connectivity index (χ3n) is 4.91. The van der Waals surface area contributed by atoms with Crippen molar-refractivity contribution in [1.82, 2.24) is 9.97 Å². The summed E-state index contributed by atoms with van der Waals surface area (Å²) in [6.07, 6.45) is 3.52. The summed E-state index contributed by atoms with van der Waals surface area (Å²) < 4.78 is 5.85. The summed E-state index contributed by atoms with van der Waals surface area (Å²) in [6.45, 7) is 4.03. The van der Waals surface area contributed by atoms with Gasteiger partial charge in [0.1, 0.15) is 18.0 Å². The monoisotopic (exact) mass is 390 g/mol. The van der Waals surface area contributed by atoms with Crippen molar-refractivity contribution >= 4 is 17.5 Å². The molecule has 0 saturated carbocycles. The zero-order valence-electron chi connectivity index (χ0n) is 16.1. The van der Waals surface area contributed by atoms with E-state index < -0.39 is 5.97 Å². The highest BCUT2D eigenvalue weighted by Crippen LogP contribution is 2.39. The van der Waals surface area contributed by atoms with Crippen molar-refractivity contribution in [2.45, 2.75) is 19.5 Å². The minimum atomic E-state index is -0.932. The van der Waals surface area contributed by atoms with Crippen molar-refractivity contribution in [3.63, 3.8) is 0 Å². The zero-order chi connectivity index (χ0) is 20.2. The molecule has 0 saturated heterocycles. The van der Waals surface area contributed by atoms with E-state index in [0.717, 1.165) is 35.1 Å². The maximum absolute atomic E-state index is 11.1. The molecule has 0 fully saturated rings. The van der Waals surface area contributed by atoms with Gasteiger partial charge >= 0.3 is 5.97 Å². The summed E-state index contributed by atoms with van der Waals surface area (Å²) in [5.41, 5.74) is 3.14. The van der Waals surface area contributed by atoms with Crippen LogP contribution in [0, 0.1) is 0 Å². The molecule has 1 aliphatic heterocycles. The van der Waals surface area contributed by atoms with Crippen LogP contribution in [0.25, 0.3) is 0 Å². The molecule has 0 unspecified atom stereocenters. The number of pyridine rings is 2. The summed E-state index contributed by atoms with van der Waals surface area (Å²) in [6, 6.07) is 14.6. The molecule has 4 rings (SSSR count). The smallest absolute Gasteiger partial charge is 0.335 e. The van der Waals surface area contributed by atoms with Crippen LogP contribution in [-0.4, -0.2) is 34.2 Å². The van der Waals surface area contributed by atoms with Gasteiger partial charge in [-0.2, -0.15) is 0 Å². The normalized spacial score (nSPS) is 13.9. The van der Waals surface area contributed by atoms with E-state index in [1.807, 2.05) is 43.3 Å². The Bertz CT molecular complexity index is 993. The molecule has 7 heteroatoms. The van der Waals surface area contributed by atoms with Crippen LogP contribution in [0.5, 0.6) is 5.75 Å². The van der Waals surface area contributed by atoms with Crippen molar-refractivity contribution in [3.8, 4) is 5.75 Å². The number of fused-ring (bicyclic) bond motifs is 1. The molecule has 1 aromatic carbocycles. The predicted octanol–water partition coefficient (Wildman–Crippen LogP) is 3.75. The fourth-order valence-electron chi connectivity index (χ4n) is 3.39. The summed E-state index contributed by atoms with van der Waals surface area (Å²) in [4.78, 5) is 22.3. The highest BCUT2D eigenvalue weighted by molar-refractivity contribution is 5.87. The number of nitrogens with zero attached hydrogens (tertiary/aromatic N) is 3. The number of carboxylic acid groups (broad SMARTS) is 1. The number of anilines is 2. The molecule has 7 nitrogen and oxygen atoms in total. The standard InChI is InChI=1S/C22H22N4O3/c1-15(16-5-7-17(8-6-16)22(27)28)25-21-20-19(9-11-24-21)29-13-12-26(20)14-18-4-2-3-10-23-18/h2-11,15H,12-14H2,1H3,(H,24,25)(H,27,28)/t15-/m0/s1. The quantitative estimate of drug-likeness (QED) is 0.663. The number of ether oxygens (including phenoxy) is 1. The van der Waals surface area contributed by atoms with Gasteiger partial charge in [-0.05, 0) is 36.8 Å². The van der Waals surface area contributed by atoms with Crippen molar-refractivity contribution < 1.29 is 14.6 Å². The molecule has 2 aromatic heterocycles. The van der Waals surface area contributed by atoms with Gasteiger partial charge < -0.3 is 20.1 Å². The topological polar surface area (TPSA) is 87.6 Å². The van der Waals surface area contributed by atoms with Crippen LogP contribution in [-0.2, 0) is 6.54 Å². The van der Waals surface area contributed by atoms with Crippen LogP contribution in [0.1, 0.15) is 34.6 Å². The minimum absolute atomic E-state index is 0.0597. The molecule has 0 radical (unpaired) electrons. The Morgan fingerprint density at radius 2 is 2.00 bits per heavy atom. The second-order valence-corrected chi connectivity index (χ2v) is 6.89. The highest BCUT2D eigenvalue weighted by atomic mass is 16.5. The molecule has 3 heterocycles. The summed E-state index contributed by atoms with van der Waals surface area (Å²) >= 11 is 0. The van der Waals surface area contributed by atoms with Crippen LogP contribution in [0.3, 0.4) is 0 Å². The molecule has 0 amide bonds. The van der Waals surface area contributed by atoms with Gasteiger partial charge in [0.15, 0.2) is 5.82 Å². The lowest BCUT2D eigenvalue weighted by atomic mass is 10.1. The molecule has 1 atom stereocenters. The van der Waals surface area contributed by atoms with Crippen LogP contribution >= 0.6 is 0 Å². The first-order chi connectivity index (χ1) is 14.1. The predicted molar refractivity (Wildman–Crippen MR) is 110 cm³/mol. The lowest BCUT2D eigenvalue weighted by Crippen LogP contribution is -2.33. The van der Waals surface area contributed by atoms with E-state index >= 15 is 0 Å². The molecular weight excluding hydrogens is 368 g/mol. The van der Waals surface area contributed by atoms with Gasteiger partial charge in [0.2, 0.25) is 0 Å². The van der Waals surface area contributed by atoms with E-state index in [9.17, 15) is 4.79 Å². The number of rotatable bonds is 6. The second kappa shape index (κ2) is 8.18.